The standard InChI is InChI=1S/C27H42O/c1-17(2)7-6-8-18(3)24-11-12-25-22-10-9-20-16-21(28)15-19(4)26(20)23(22)13-14-27(24,25)5/h15-18,22-25,28H,6-14H2,1-5H3/t18?,22-,23+,24?,25+,27-/m1/s1. The minimum Gasteiger partial charge on any atom is -0.508 e. The highest BCUT2D eigenvalue weighted by Crippen LogP contribution is 2.64. The first-order valence-corrected chi connectivity index (χ1v) is 12.1. The van der Waals surface area contributed by atoms with Crippen molar-refractivity contribution in [2.45, 2.75) is 98.3 Å². The second-order valence-corrected chi connectivity index (χ2v) is 11.3. The average molecular weight is 383 g/mol. The molecule has 0 saturated heterocycles. The highest BCUT2D eigenvalue weighted by atomic mass is 16.3. The maximum Gasteiger partial charge on any atom is 0.116 e. The van der Waals surface area contributed by atoms with Gasteiger partial charge < -0.3 is 5.11 Å². The van der Waals surface area contributed by atoms with Crippen molar-refractivity contribution in [3.8, 4) is 5.75 Å². The normalized spacial score (nSPS) is 35.4. The molecule has 2 saturated carbocycles. The Kier molecular flexibility index (Phi) is 5.58. The molecule has 2 fully saturated rings. The van der Waals surface area contributed by atoms with Crippen LogP contribution in [0.5, 0.6) is 5.75 Å². The zero-order chi connectivity index (χ0) is 20.1. The summed E-state index contributed by atoms with van der Waals surface area (Å²) in [5.74, 6) is 5.68. The summed E-state index contributed by atoms with van der Waals surface area (Å²) in [4.78, 5) is 0. The van der Waals surface area contributed by atoms with Crippen LogP contribution in [0.2, 0.25) is 0 Å². The molecule has 1 heteroatoms. The number of fused-ring (bicyclic) bond motifs is 5. The van der Waals surface area contributed by atoms with Gasteiger partial charge in [0.25, 0.3) is 0 Å². The lowest BCUT2D eigenvalue weighted by Gasteiger charge is -2.52. The molecule has 28 heavy (non-hydrogen) atoms. The summed E-state index contributed by atoms with van der Waals surface area (Å²) in [6.07, 6.45) is 12.5. The summed E-state index contributed by atoms with van der Waals surface area (Å²) >= 11 is 0. The Balaban J connectivity index is 1.52. The van der Waals surface area contributed by atoms with E-state index >= 15 is 0 Å². The molecule has 1 nitrogen and oxygen atoms in total. The number of phenols is 1. The van der Waals surface area contributed by atoms with Crippen LogP contribution in [0.4, 0.5) is 0 Å². The monoisotopic (exact) mass is 382 g/mol. The van der Waals surface area contributed by atoms with E-state index in [9.17, 15) is 5.11 Å². The number of aryl methyl sites for hydroxylation is 2. The summed E-state index contributed by atoms with van der Waals surface area (Å²) in [5, 5.41) is 10.1. The zero-order valence-corrected chi connectivity index (χ0v) is 18.9. The van der Waals surface area contributed by atoms with E-state index in [1.54, 1.807) is 5.56 Å². The summed E-state index contributed by atoms with van der Waals surface area (Å²) in [5.41, 5.74) is 4.97. The van der Waals surface area contributed by atoms with Crippen molar-refractivity contribution in [2.75, 3.05) is 0 Å². The van der Waals surface area contributed by atoms with E-state index in [1.165, 1.54) is 68.9 Å². The Hall–Kier alpha value is -0.980. The van der Waals surface area contributed by atoms with Crippen LogP contribution in [-0.2, 0) is 6.42 Å². The highest BCUT2D eigenvalue weighted by molar-refractivity contribution is 5.45. The number of hydrogen-bond acceptors (Lipinski definition) is 1. The Morgan fingerprint density at radius 2 is 1.86 bits per heavy atom. The molecule has 1 aromatic rings. The number of benzene rings is 1. The molecule has 3 aliphatic rings. The van der Waals surface area contributed by atoms with Gasteiger partial charge in [-0.05, 0) is 115 Å². The van der Waals surface area contributed by atoms with Crippen molar-refractivity contribution in [1.29, 1.82) is 0 Å². The molecular weight excluding hydrogens is 340 g/mol. The smallest absolute Gasteiger partial charge is 0.116 e. The van der Waals surface area contributed by atoms with E-state index < -0.39 is 0 Å². The second kappa shape index (κ2) is 7.69. The van der Waals surface area contributed by atoms with Crippen LogP contribution in [0, 0.1) is 41.9 Å². The highest BCUT2D eigenvalue weighted by Gasteiger charge is 2.55. The predicted octanol–water partition coefficient (Wildman–Crippen LogP) is 7.64. The lowest BCUT2D eigenvalue weighted by Crippen LogP contribution is -2.43. The Morgan fingerprint density at radius 3 is 2.61 bits per heavy atom. The van der Waals surface area contributed by atoms with Crippen molar-refractivity contribution in [2.24, 2.45) is 35.0 Å². The van der Waals surface area contributed by atoms with E-state index in [-0.39, 0.29) is 0 Å². The molecule has 0 bridgehead atoms. The lowest BCUT2D eigenvalue weighted by atomic mass is 9.52. The quantitative estimate of drug-likeness (QED) is 0.555. The van der Waals surface area contributed by atoms with E-state index in [4.69, 9.17) is 0 Å². The van der Waals surface area contributed by atoms with Gasteiger partial charge in [0.1, 0.15) is 5.75 Å². The number of phenolic OH excluding ortho intramolecular Hbond substituents is 1. The molecule has 0 radical (unpaired) electrons. The maximum atomic E-state index is 10.1. The third kappa shape index (κ3) is 3.41. The molecule has 1 aromatic carbocycles. The molecule has 0 heterocycles. The topological polar surface area (TPSA) is 20.2 Å². The molecule has 0 amide bonds. The molecule has 3 aliphatic carbocycles. The number of hydrogen-bond donors (Lipinski definition) is 1. The van der Waals surface area contributed by atoms with Crippen molar-refractivity contribution < 1.29 is 5.11 Å². The van der Waals surface area contributed by atoms with Gasteiger partial charge in [-0.25, -0.2) is 0 Å². The molecular formula is C27H42O. The molecule has 0 aromatic heterocycles. The fraction of sp³-hybridized carbons (Fsp3) is 0.778. The van der Waals surface area contributed by atoms with Gasteiger partial charge in [-0.1, -0.05) is 47.0 Å². The van der Waals surface area contributed by atoms with E-state index in [0.717, 1.165) is 35.5 Å². The van der Waals surface area contributed by atoms with Gasteiger partial charge >= 0.3 is 0 Å². The third-order valence-corrected chi connectivity index (χ3v) is 9.21. The van der Waals surface area contributed by atoms with Crippen LogP contribution >= 0.6 is 0 Å². The summed E-state index contributed by atoms with van der Waals surface area (Å²) < 4.78 is 0. The fourth-order valence-electron chi connectivity index (χ4n) is 7.98. The van der Waals surface area contributed by atoms with Crippen molar-refractivity contribution >= 4 is 0 Å². The van der Waals surface area contributed by atoms with Crippen molar-refractivity contribution in [3.63, 3.8) is 0 Å². The Labute approximate surface area is 173 Å². The SMILES string of the molecule is Cc1cc(O)cc2c1[C@H]1CC[C@]3(C)C(C(C)CCCC(C)C)CC[C@H]3[C@@H]1CC2. The van der Waals surface area contributed by atoms with Gasteiger partial charge in [0.05, 0.1) is 0 Å². The van der Waals surface area contributed by atoms with Crippen LogP contribution in [0.1, 0.15) is 102 Å². The van der Waals surface area contributed by atoms with Crippen LogP contribution < -0.4 is 0 Å². The molecule has 0 aliphatic heterocycles. The van der Waals surface area contributed by atoms with Gasteiger partial charge in [0.15, 0.2) is 0 Å². The maximum absolute atomic E-state index is 10.1. The predicted molar refractivity (Wildman–Crippen MR) is 119 cm³/mol. The van der Waals surface area contributed by atoms with Gasteiger partial charge in [0, 0.05) is 0 Å². The molecule has 4 rings (SSSR count). The largest absolute Gasteiger partial charge is 0.508 e. The first kappa shape index (κ1) is 20.3. The van der Waals surface area contributed by atoms with Gasteiger partial charge in [-0.2, -0.15) is 0 Å². The molecule has 156 valence electrons. The molecule has 6 atom stereocenters. The summed E-state index contributed by atoms with van der Waals surface area (Å²) in [6, 6.07) is 4.06. The first-order chi connectivity index (χ1) is 13.3. The van der Waals surface area contributed by atoms with Crippen LogP contribution in [0.15, 0.2) is 12.1 Å². The molecule has 0 spiro atoms. The minimum atomic E-state index is 0.464. The number of aromatic hydroxyl groups is 1. The van der Waals surface area contributed by atoms with Crippen molar-refractivity contribution in [1.82, 2.24) is 0 Å². The summed E-state index contributed by atoms with van der Waals surface area (Å²) in [6.45, 7) is 12.2. The fourth-order valence-corrected chi connectivity index (χ4v) is 7.98. The Morgan fingerprint density at radius 1 is 1.07 bits per heavy atom. The summed E-state index contributed by atoms with van der Waals surface area (Å²) in [7, 11) is 0. The van der Waals surface area contributed by atoms with E-state index in [2.05, 4.69) is 40.7 Å². The minimum absolute atomic E-state index is 0.464. The van der Waals surface area contributed by atoms with Crippen molar-refractivity contribution in [3.05, 3.63) is 28.8 Å². The van der Waals surface area contributed by atoms with Gasteiger partial charge in [-0.3, -0.25) is 0 Å². The van der Waals surface area contributed by atoms with Crippen LogP contribution in [-0.4, -0.2) is 5.11 Å². The van der Waals surface area contributed by atoms with E-state index in [1.807, 2.05) is 6.07 Å². The third-order valence-electron chi connectivity index (χ3n) is 9.21. The number of rotatable bonds is 5. The van der Waals surface area contributed by atoms with Gasteiger partial charge in [-0.15, -0.1) is 0 Å². The zero-order valence-electron chi connectivity index (χ0n) is 18.9. The lowest BCUT2D eigenvalue weighted by molar-refractivity contribution is 0.00953. The van der Waals surface area contributed by atoms with E-state index in [0.29, 0.717) is 11.2 Å². The van der Waals surface area contributed by atoms with Crippen LogP contribution in [0.3, 0.4) is 0 Å². The Bertz CT molecular complexity index is 704. The molecule has 1 N–H and O–H groups in total. The van der Waals surface area contributed by atoms with Gasteiger partial charge in [0.2, 0.25) is 0 Å². The van der Waals surface area contributed by atoms with Crippen LogP contribution in [0.25, 0.3) is 0 Å². The molecule has 2 unspecified atom stereocenters. The average Bonchev–Trinajstić information content (AvgIpc) is 2.98. The second-order valence-electron chi connectivity index (χ2n) is 11.3. The first-order valence-electron chi connectivity index (χ1n) is 12.1.